The lowest BCUT2D eigenvalue weighted by molar-refractivity contribution is -0.148. The molecule has 6 heteroatoms. The fourth-order valence-corrected chi connectivity index (χ4v) is 2.09. The number of hydrogen-bond acceptors (Lipinski definition) is 4. The highest BCUT2D eigenvalue weighted by atomic mass is 16.8. The van der Waals surface area contributed by atoms with Crippen LogP contribution < -0.4 is 0 Å². The van der Waals surface area contributed by atoms with E-state index in [1.165, 1.54) is 0 Å². The summed E-state index contributed by atoms with van der Waals surface area (Å²) in [4.78, 5) is 2.74. The van der Waals surface area contributed by atoms with Crippen LogP contribution in [0.4, 0.5) is 0 Å². The fourth-order valence-electron chi connectivity index (χ4n) is 2.09. The summed E-state index contributed by atoms with van der Waals surface area (Å²) >= 11 is 0. The Balaban J connectivity index is 2.74. The van der Waals surface area contributed by atoms with Gasteiger partial charge in [0, 0.05) is 4.91 Å². The number of hydrogen-bond donors (Lipinski definition) is 1. The second-order valence-corrected chi connectivity index (χ2v) is 4.74. The van der Waals surface area contributed by atoms with Crippen molar-refractivity contribution in [3.63, 3.8) is 0 Å². The molecule has 0 spiro atoms. The molecule has 1 fully saturated rings. The molecule has 0 amide bonds. The van der Waals surface area contributed by atoms with Gasteiger partial charge in [0.25, 0.3) is 0 Å². The van der Waals surface area contributed by atoms with E-state index in [2.05, 4.69) is 16.9 Å². The first-order valence-corrected chi connectivity index (χ1v) is 6.04. The summed E-state index contributed by atoms with van der Waals surface area (Å²) in [6.45, 7) is 5.54. The molecule has 6 nitrogen and oxygen atoms in total. The minimum Gasteiger partial charge on any atom is -0.396 e. The van der Waals surface area contributed by atoms with E-state index in [4.69, 9.17) is 15.0 Å². The highest BCUT2D eigenvalue weighted by molar-refractivity contribution is 4.90. The van der Waals surface area contributed by atoms with Gasteiger partial charge in [-0.25, -0.2) is 0 Å². The average Bonchev–Trinajstić information content (AvgIpc) is 2.58. The summed E-state index contributed by atoms with van der Waals surface area (Å²) in [5.41, 5.74) is 8.47. The molecule has 17 heavy (non-hydrogen) atoms. The van der Waals surface area contributed by atoms with Crippen LogP contribution in [0, 0.1) is 0 Å². The molecule has 1 aliphatic rings. The molecule has 0 aliphatic carbocycles. The van der Waals surface area contributed by atoms with Gasteiger partial charge >= 0.3 is 0 Å². The quantitative estimate of drug-likeness (QED) is 0.441. The van der Waals surface area contributed by atoms with Gasteiger partial charge in [0.2, 0.25) is 0 Å². The SMILES string of the molecule is CCCC[C@H]1OC(C)(C)O[C@H]1[C@@H](CO)N=[N+]=[N-]. The molecule has 0 unspecified atom stereocenters. The molecule has 0 bridgehead atoms. The summed E-state index contributed by atoms with van der Waals surface area (Å²) in [7, 11) is 0. The molecule has 1 rings (SSSR count). The number of azide groups is 1. The van der Waals surface area contributed by atoms with E-state index < -0.39 is 11.8 Å². The molecule has 1 heterocycles. The van der Waals surface area contributed by atoms with Gasteiger partial charge in [-0.3, -0.25) is 0 Å². The van der Waals surface area contributed by atoms with Crippen LogP contribution in [0.15, 0.2) is 5.11 Å². The third-order valence-electron chi connectivity index (χ3n) is 2.83. The Hall–Kier alpha value is -0.810. The first kappa shape index (κ1) is 14.3. The van der Waals surface area contributed by atoms with E-state index in [0.717, 1.165) is 19.3 Å². The highest BCUT2D eigenvalue weighted by Gasteiger charge is 2.44. The van der Waals surface area contributed by atoms with Crippen LogP contribution in [0.5, 0.6) is 0 Å². The van der Waals surface area contributed by atoms with Crippen LogP contribution >= 0.6 is 0 Å². The zero-order valence-corrected chi connectivity index (χ0v) is 10.7. The Morgan fingerprint density at radius 3 is 2.71 bits per heavy atom. The Kier molecular flexibility index (Phi) is 5.21. The largest absolute Gasteiger partial charge is 0.396 e. The molecule has 1 N–H and O–H groups in total. The third-order valence-corrected chi connectivity index (χ3v) is 2.83. The molecular formula is C11H21N3O3. The Bertz CT molecular complexity index is 290. The maximum atomic E-state index is 9.23. The molecule has 0 saturated carbocycles. The van der Waals surface area contributed by atoms with Crippen molar-refractivity contribution in [2.24, 2.45) is 5.11 Å². The summed E-state index contributed by atoms with van der Waals surface area (Å²) in [5, 5.41) is 12.8. The van der Waals surface area contributed by atoms with E-state index in [-0.39, 0.29) is 18.8 Å². The zero-order valence-electron chi connectivity index (χ0n) is 10.7. The highest BCUT2D eigenvalue weighted by Crippen LogP contribution is 2.33. The number of nitrogens with zero attached hydrogens (tertiary/aromatic N) is 3. The number of aliphatic hydroxyl groups excluding tert-OH is 1. The van der Waals surface area contributed by atoms with Crippen molar-refractivity contribution >= 4 is 0 Å². The van der Waals surface area contributed by atoms with Gasteiger partial charge in [-0.15, -0.1) is 0 Å². The maximum Gasteiger partial charge on any atom is 0.163 e. The summed E-state index contributed by atoms with van der Waals surface area (Å²) in [6, 6.07) is -0.580. The van der Waals surface area contributed by atoms with E-state index >= 15 is 0 Å². The van der Waals surface area contributed by atoms with Gasteiger partial charge in [-0.05, 0) is 25.8 Å². The molecule has 98 valence electrons. The predicted molar refractivity (Wildman–Crippen MR) is 63.4 cm³/mol. The Morgan fingerprint density at radius 2 is 2.18 bits per heavy atom. The number of rotatable bonds is 6. The summed E-state index contributed by atoms with van der Waals surface area (Å²) in [6.07, 6.45) is 2.46. The van der Waals surface area contributed by atoms with Gasteiger partial charge in [0.05, 0.1) is 24.9 Å². The van der Waals surface area contributed by atoms with Crippen LogP contribution in [0.1, 0.15) is 40.0 Å². The van der Waals surface area contributed by atoms with Crippen LogP contribution in [0.25, 0.3) is 10.4 Å². The topological polar surface area (TPSA) is 87.5 Å². The molecular weight excluding hydrogens is 222 g/mol. The Morgan fingerprint density at radius 1 is 1.47 bits per heavy atom. The number of ether oxygens (including phenoxy) is 2. The van der Waals surface area contributed by atoms with Crippen molar-refractivity contribution in [2.75, 3.05) is 6.61 Å². The lowest BCUT2D eigenvalue weighted by atomic mass is 10.0. The minimum atomic E-state index is -0.679. The fraction of sp³-hybridized carbons (Fsp3) is 1.00. The van der Waals surface area contributed by atoms with Crippen molar-refractivity contribution in [1.82, 2.24) is 0 Å². The molecule has 0 radical (unpaired) electrons. The van der Waals surface area contributed by atoms with Gasteiger partial charge in [0.15, 0.2) is 5.79 Å². The molecule has 0 aromatic heterocycles. The normalized spacial score (nSPS) is 28.7. The molecule has 1 aliphatic heterocycles. The van der Waals surface area contributed by atoms with Gasteiger partial charge in [-0.1, -0.05) is 24.9 Å². The van der Waals surface area contributed by atoms with Crippen molar-refractivity contribution in [3.8, 4) is 0 Å². The average molecular weight is 243 g/mol. The lowest BCUT2D eigenvalue weighted by Crippen LogP contribution is -2.36. The van der Waals surface area contributed by atoms with Crippen molar-refractivity contribution in [3.05, 3.63) is 10.4 Å². The first-order chi connectivity index (χ1) is 8.04. The van der Waals surface area contributed by atoms with E-state index in [9.17, 15) is 5.11 Å². The molecule has 3 atom stereocenters. The third kappa shape index (κ3) is 3.85. The number of unbranched alkanes of at least 4 members (excludes halogenated alkanes) is 1. The molecule has 0 aromatic carbocycles. The summed E-state index contributed by atoms with van der Waals surface area (Å²) in [5.74, 6) is -0.679. The second kappa shape index (κ2) is 6.21. The maximum absolute atomic E-state index is 9.23. The molecule has 1 saturated heterocycles. The van der Waals surface area contributed by atoms with E-state index in [1.807, 2.05) is 13.8 Å². The summed E-state index contributed by atoms with van der Waals surface area (Å²) < 4.78 is 11.5. The molecule has 0 aromatic rings. The number of aliphatic hydroxyl groups is 1. The predicted octanol–water partition coefficient (Wildman–Crippen LogP) is 2.37. The standard InChI is InChI=1S/C11H21N3O3/c1-4-5-6-9-10(8(7-15)13-14-12)17-11(2,3)16-9/h8-10,15H,4-7H2,1-3H3/t8-,9-,10+/m1/s1. The van der Waals surface area contributed by atoms with Crippen LogP contribution in [0.3, 0.4) is 0 Å². The first-order valence-electron chi connectivity index (χ1n) is 6.04. The van der Waals surface area contributed by atoms with Crippen molar-refractivity contribution in [2.45, 2.75) is 64.1 Å². The van der Waals surface area contributed by atoms with Crippen molar-refractivity contribution < 1.29 is 14.6 Å². The monoisotopic (exact) mass is 243 g/mol. The minimum absolute atomic E-state index is 0.118. The van der Waals surface area contributed by atoms with Crippen molar-refractivity contribution in [1.29, 1.82) is 0 Å². The zero-order chi connectivity index (χ0) is 12.9. The van der Waals surface area contributed by atoms with Crippen LogP contribution in [-0.4, -0.2) is 35.8 Å². The lowest BCUT2D eigenvalue weighted by Gasteiger charge is -2.21. The van der Waals surface area contributed by atoms with Gasteiger partial charge < -0.3 is 14.6 Å². The van der Waals surface area contributed by atoms with Crippen LogP contribution in [-0.2, 0) is 9.47 Å². The van der Waals surface area contributed by atoms with Gasteiger partial charge in [0.1, 0.15) is 0 Å². The van der Waals surface area contributed by atoms with E-state index in [0.29, 0.717) is 0 Å². The van der Waals surface area contributed by atoms with E-state index in [1.54, 1.807) is 0 Å². The van der Waals surface area contributed by atoms with Gasteiger partial charge in [-0.2, -0.15) is 0 Å². The second-order valence-electron chi connectivity index (χ2n) is 4.74. The Labute approximate surface area is 102 Å². The smallest absolute Gasteiger partial charge is 0.163 e. The van der Waals surface area contributed by atoms with Crippen LogP contribution in [0.2, 0.25) is 0 Å².